The molecule has 1 saturated heterocycles. The van der Waals surface area contributed by atoms with Gasteiger partial charge in [0.1, 0.15) is 11.3 Å². The van der Waals surface area contributed by atoms with Crippen LogP contribution in [0.15, 0.2) is 48.7 Å². The first-order chi connectivity index (χ1) is 18.4. The normalized spacial score (nSPS) is 17.1. The van der Waals surface area contributed by atoms with Crippen LogP contribution < -0.4 is 5.32 Å². The highest BCUT2D eigenvalue weighted by molar-refractivity contribution is 5.93. The smallest absolute Gasteiger partial charge is 0.408 e. The van der Waals surface area contributed by atoms with Gasteiger partial charge in [-0.2, -0.15) is 0 Å². The summed E-state index contributed by atoms with van der Waals surface area (Å²) < 4.78 is 1.86. The molecular weight excluding hydrogens is 490 g/mol. The number of nitrogens with zero attached hydrogens (tertiary/aromatic N) is 4. The zero-order valence-electron chi connectivity index (χ0n) is 24.1. The van der Waals surface area contributed by atoms with Gasteiger partial charge in [0.25, 0.3) is 5.91 Å². The Morgan fingerprint density at radius 2 is 1.87 bits per heavy atom. The van der Waals surface area contributed by atoms with E-state index >= 15 is 0 Å². The average molecular weight is 534 g/mol. The number of pyridine rings is 1. The monoisotopic (exact) mass is 533 g/mol. The average Bonchev–Trinajstić information content (AvgIpc) is 3.47. The highest BCUT2D eigenvalue weighted by Gasteiger charge is 2.37. The second-order valence-corrected chi connectivity index (χ2v) is 12.3. The molecule has 3 heterocycles. The number of likely N-dealkylation sites (tertiary alicyclic amines) is 1. The van der Waals surface area contributed by atoms with Gasteiger partial charge in [-0.05, 0) is 64.2 Å². The maximum absolute atomic E-state index is 13.3. The quantitative estimate of drug-likeness (QED) is 0.376. The SMILES string of the molecule is Cc1ccc(C(CNC(=O)c2cccc3nc(CN4CCC(N(C(=O)O)C(C)(C)C)C4)cn23)CC(C)C)cc1. The van der Waals surface area contributed by atoms with Crippen molar-refractivity contribution in [2.75, 3.05) is 19.6 Å². The molecule has 0 saturated carbocycles. The van der Waals surface area contributed by atoms with Crippen LogP contribution in [-0.2, 0) is 6.54 Å². The Bertz CT molecular complexity index is 1290. The fraction of sp³-hybridized carbons (Fsp3) is 0.516. The number of nitrogens with one attached hydrogen (secondary N) is 1. The van der Waals surface area contributed by atoms with E-state index in [1.165, 1.54) is 11.1 Å². The zero-order valence-corrected chi connectivity index (χ0v) is 24.1. The number of imidazole rings is 1. The second-order valence-electron chi connectivity index (χ2n) is 12.3. The van der Waals surface area contributed by atoms with Gasteiger partial charge >= 0.3 is 6.09 Å². The summed E-state index contributed by atoms with van der Waals surface area (Å²) in [5.41, 5.74) is 4.17. The Balaban J connectivity index is 1.45. The third-order valence-electron chi connectivity index (χ3n) is 7.52. The first-order valence-electron chi connectivity index (χ1n) is 14.0. The molecule has 0 aliphatic carbocycles. The van der Waals surface area contributed by atoms with E-state index in [2.05, 4.69) is 55.3 Å². The summed E-state index contributed by atoms with van der Waals surface area (Å²) in [6.07, 6.45) is 2.84. The van der Waals surface area contributed by atoms with E-state index in [9.17, 15) is 14.7 Å². The van der Waals surface area contributed by atoms with Crippen LogP contribution in [0.4, 0.5) is 4.79 Å². The van der Waals surface area contributed by atoms with Gasteiger partial charge in [-0.15, -0.1) is 0 Å². The summed E-state index contributed by atoms with van der Waals surface area (Å²) in [5.74, 6) is 0.645. The molecule has 0 radical (unpaired) electrons. The molecule has 2 amide bonds. The van der Waals surface area contributed by atoms with Crippen molar-refractivity contribution in [3.05, 3.63) is 71.2 Å². The fourth-order valence-electron chi connectivity index (χ4n) is 5.76. The number of benzene rings is 1. The highest BCUT2D eigenvalue weighted by atomic mass is 16.4. The lowest BCUT2D eigenvalue weighted by Crippen LogP contribution is -2.52. The molecule has 4 rings (SSSR count). The Kier molecular flexibility index (Phi) is 8.64. The first-order valence-corrected chi connectivity index (χ1v) is 14.0. The summed E-state index contributed by atoms with van der Waals surface area (Å²) in [4.78, 5) is 33.8. The summed E-state index contributed by atoms with van der Waals surface area (Å²) in [5, 5.41) is 12.9. The first kappa shape index (κ1) is 28.6. The third kappa shape index (κ3) is 6.98. The van der Waals surface area contributed by atoms with Crippen LogP contribution in [0.3, 0.4) is 0 Å². The van der Waals surface area contributed by atoms with E-state index in [1.54, 1.807) is 4.90 Å². The van der Waals surface area contributed by atoms with Crippen molar-refractivity contribution in [3.8, 4) is 0 Å². The van der Waals surface area contributed by atoms with E-state index in [0.717, 1.165) is 30.7 Å². The van der Waals surface area contributed by atoms with Crippen molar-refractivity contribution < 1.29 is 14.7 Å². The number of carboxylic acid groups (broad SMARTS) is 1. The molecule has 8 nitrogen and oxygen atoms in total. The number of rotatable bonds is 9. The number of carbonyl (C=O) groups excluding carboxylic acids is 1. The Morgan fingerprint density at radius 3 is 2.51 bits per heavy atom. The molecule has 2 unspecified atom stereocenters. The number of amides is 2. The van der Waals surface area contributed by atoms with E-state index in [0.29, 0.717) is 31.2 Å². The van der Waals surface area contributed by atoms with Crippen molar-refractivity contribution in [2.45, 2.75) is 78.4 Å². The minimum Gasteiger partial charge on any atom is -0.465 e. The lowest BCUT2D eigenvalue weighted by atomic mass is 9.90. The molecular formula is C31H43N5O3. The Morgan fingerprint density at radius 1 is 1.15 bits per heavy atom. The second kappa shape index (κ2) is 11.8. The number of hydrogen-bond acceptors (Lipinski definition) is 4. The van der Waals surface area contributed by atoms with Gasteiger partial charge in [-0.25, -0.2) is 9.78 Å². The minimum atomic E-state index is -0.879. The van der Waals surface area contributed by atoms with Gasteiger partial charge in [-0.1, -0.05) is 49.7 Å². The molecule has 1 aliphatic rings. The summed E-state index contributed by atoms with van der Waals surface area (Å²) in [6, 6.07) is 14.1. The van der Waals surface area contributed by atoms with Gasteiger partial charge < -0.3 is 10.4 Å². The van der Waals surface area contributed by atoms with Crippen LogP contribution in [-0.4, -0.2) is 67.5 Å². The number of aromatic nitrogens is 2. The predicted molar refractivity (Wildman–Crippen MR) is 154 cm³/mol. The lowest BCUT2D eigenvalue weighted by molar-refractivity contribution is 0.0718. The van der Waals surface area contributed by atoms with Crippen LogP contribution in [0.25, 0.3) is 5.65 Å². The van der Waals surface area contributed by atoms with Crippen molar-refractivity contribution in [2.24, 2.45) is 5.92 Å². The number of fused-ring (bicyclic) bond motifs is 1. The summed E-state index contributed by atoms with van der Waals surface area (Å²) >= 11 is 0. The van der Waals surface area contributed by atoms with Crippen LogP contribution in [0.2, 0.25) is 0 Å². The van der Waals surface area contributed by atoms with Crippen molar-refractivity contribution >= 4 is 17.6 Å². The fourth-order valence-corrected chi connectivity index (χ4v) is 5.76. The molecule has 2 N–H and O–H groups in total. The van der Waals surface area contributed by atoms with Gasteiger partial charge in [0, 0.05) is 49.9 Å². The number of hydrogen-bond donors (Lipinski definition) is 2. The van der Waals surface area contributed by atoms with E-state index in [-0.39, 0.29) is 17.9 Å². The molecule has 39 heavy (non-hydrogen) atoms. The summed E-state index contributed by atoms with van der Waals surface area (Å²) in [7, 11) is 0. The molecule has 2 aromatic heterocycles. The summed E-state index contributed by atoms with van der Waals surface area (Å²) in [6.45, 7) is 15.0. The lowest BCUT2D eigenvalue weighted by Gasteiger charge is -2.38. The standard InChI is InChI=1S/C31H43N5O3/c1-21(2)16-24(23-12-10-22(3)11-13-23)17-32-29(37)27-8-7-9-28-33-25(19-35(27)28)18-34-15-14-26(20-34)36(30(38)39)31(4,5)6/h7-13,19,21,24,26H,14-18,20H2,1-6H3,(H,32,37)(H,38,39). The molecule has 0 bridgehead atoms. The zero-order chi connectivity index (χ0) is 28.3. The van der Waals surface area contributed by atoms with Crippen LogP contribution >= 0.6 is 0 Å². The predicted octanol–water partition coefficient (Wildman–Crippen LogP) is 5.56. The molecule has 8 heteroatoms. The molecule has 1 fully saturated rings. The van der Waals surface area contributed by atoms with Crippen molar-refractivity contribution in [1.29, 1.82) is 0 Å². The maximum Gasteiger partial charge on any atom is 0.408 e. The molecule has 1 aliphatic heterocycles. The molecule has 1 aromatic carbocycles. The third-order valence-corrected chi connectivity index (χ3v) is 7.52. The molecule has 3 aromatic rings. The Hall–Kier alpha value is -3.39. The highest BCUT2D eigenvalue weighted by Crippen LogP contribution is 2.26. The minimum absolute atomic E-state index is 0.0480. The molecule has 2 atom stereocenters. The van der Waals surface area contributed by atoms with Crippen molar-refractivity contribution in [1.82, 2.24) is 24.5 Å². The van der Waals surface area contributed by atoms with Crippen molar-refractivity contribution in [3.63, 3.8) is 0 Å². The number of carbonyl (C=O) groups is 2. The van der Waals surface area contributed by atoms with Gasteiger partial charge in [0.2, 0.25) is 0 Å². The van der Waals surface area contributed by atoms with Crippen LogP contribution in [0.1, 0.15) is 80.7 Å². The van der Waals surface area contributed by atoms with E-state index in [4.69, 9.17) is 4.98 Å². The molecule has 0 spiro atoms. The van der Waals surface area contributed by atoms with Crippen LogP contribution in [0.5, 0.6) is 0 Å². The Labute approximate surface area is 232 Å². The topological polar surface area (TPSA) is 90.2 Å². The van der Waals surface area contributed by atoms with E-state index < -0.39 is 11.6 Å². The van der Waals surface area contributed by atoms with Crippen LogP contribution in [0, 0.1) is 12.8 Å². The van der Waals surface area contributed by atoms with E-state index in [1.807, 2.05) is 49.6 Å². The van der Waals surface area contributed by atoms with Gasteiger partial charge in [0.05, 0.1) is 5.69 Å². The van der Waals surface area contributed by atoms with Gasteiger partial charge in [-0.3, -0.25) is 19.0 Å². The van der Waals surface area contributed by atoms with Gasteiger partial charge in [0.15, 0.2) is 0 Å². The largest absolute Gasteiger partial charge is 0.465 e. The number of aryl methyl sites for hydroxylation is 1. The molecule has 210 valence electrons. The maximum atomic E-state index is 13.3.